The van der Waals surface area contributed by atoms with E-state index in [9.17, 15) is 46.0 Å². The number of benzene rings is 3. The summed E-state index contributed by atoms with van der Waals surface area (Å²) in [4.78, 5) is 0. The molecule has 0 fully saturated rings. The van der Waals surface area contributed by atoms with Crippen molar-refractivity contribution in [1.82, 2.24) is 0 Å². The topological polar surface area (TPSA) is 182 Å². The van der Waals surface area contributed by atoms with Gasteiger partial charge in [-0.3, -0.25) is 0 Å². The number of phenolic OH excluding ortho intramolecular Hbond substituents is 9. The molecule has 0 aromatic heterocycles. The lowest BCUT2D eigenvalue weighted by Gasteiger charge is -2.27. The highest BCUT2D eigenvalue weighted by Crippen LogP contribution is 2.46. The highest BCUT2D eigenvalue weighted by atomic mass is 16.3. The molecule has 0 aliphatic carbocycles. The SMILES string of the molecule is CCC(CC(CC(C)c1cc(O)c(O)c(O)c1)c1cc(O)c(O)c(O)c1)c1cc(O)c(O)c(O)c1. The Kier molecular flexibility index (Phi) is 7.28. The predicted octanol–water partition coefficient (Wildman–Crippen LogP) is 4.90. The average Bonchev–Trinajstić information content (AvgIpc) is 2.80. The second-order valence-electron chi connectivity index (χ2n) is 8.90. The molecule has 0 heterocycles. The smallest absolute Gasteiger partial charge is 0.200 e. The highest BCUT2D eigenvalue weighted by molar-refractivity contribution is 5.54. The Morgan fingerprint density at radius 2 is 0.800 bits per heavy atom. The van der Waals surface area contributed by atoms with Crippen molar-refractivity contribution < 1.29 is 46.0 Å². The van der Waals surface area contributed by atoms with Crippen molar-refractivity contribution in [3.05, 3.63) is 53.1 Å². The van der Waals surface area contributed by atoms with Gasteiger partial charge >= 0.3 is 0 Å². The molecular formula is C26H30O9. The Morgan fingerprint density at radius 1 is 0.486 bits per heavy atom. The number of aromatic hydroxyl groups is 9. The van der Waals surface area contributed by atoms with Gasteiger partial charge in [0, 0.05) is 0 Å². The van der Waals surface area contributed by atoms with Crippen molar-refractivity contribution in [2.75, 3.05) is 0 Å². The van der Waals surface area contributed by atoms with Gasteiger partial charge in [-0.05, 0) is 90.1 Å². The van der Waals surface area contributed by atoms with Gasteiger partial charge in [0.25, 0.3) is 0 Å². The van der Waals surface area contributed by atoms with E-state index in [0.29, 0.717) is 36.0 Å². The first-order valence-electron chi connectivity index (χ1n) is 11.2. The summed E-state index contributed by atoms with van der Waals surface area (Å²) in [5.41, 5.74) is 1.63. The molecule has 0 saturated carbocycles. The van der Waals surface area contributed by atoms with E-state index in [1.165, 1.54) is 36.4 Å². The summed E-state index contributed by atoms with van der Waals surface area (Å²) >= 11 is 0. The Balaban J connectivity index is 2.01. The van der Waals surface area contributed by atoms with E-state index in [0.717, 1.165) is 0 Å². The van der Waals surface area contributed by atoms with E-state index in [-0.39, 0.29) is 17.8 Å². The maximum Gasteiger partial charge on any atom is 0.200 e. The van der Waals surface area contributed by atoms with E-state index < -0.39 is 51.7 Å². The summed E-state index contributed by atoms with van der Waals surface area (Å²) in [5.74, 6) is -5.56. The first-order chi connectivity index (χ1) is 16.4. The van der Waals surface area contributed by atoms with Crippen LogP contribution in [0, 0.1) is 0 Å². The van der Waals surface area contributed by atoms with Crippen LogP contribution in [0.1, 0.15) is 67.6 Å². The van der Waals surface area contributed by atoms with Crippen LogP contribution in [0.3, 0.4) is 0 Å². The number of phenols is 9. The Hall–Kier alpha value is -4.14. The molecule has 3 unspecified atom stereocenters. The summed E-state index contributed by atoms with van der Waals surface area (Å²) in [5, 5.41) is 89.1. The summed E-state index contributed by atoms with van der Waals surface area (Å²) in [7, 11) is 0. The van der Waals surface area contributed by atoms with Crippen LogP contribution in [0.2, 0.25) is 0 Å². The van der Waals surface area contributed by atoms with Gasteiger partial charge in [-0.15, -0.1) is 0 Å². The van der Waals surface area contributed by atoms with Crippen molar-refractivity contribution >= 4 is 0 Å². The van der Waals surface area contributed by atoms with Crippen LogP contribution in [0.15, 0.2) is 36.4 Å². The molecule has 0 amide bonds. The maximum atomic E-state index is 10.1. The fraction of sp³-hybridized carbons (Fsp3) is 0.308. The van der Waals surface area contributed by atoms with E-state index in [1.807, 2.05) is 13.8 Å². The van der Waals surface area contributed by atoms with Crippen LogP contribution in [-0.4, -0.2) is 46.0 Å². The summed E-state index contributed by atoms with van der Waals surface area (Å²) < 4.78 is 0. The zero-order valence-electron chi connectivity index (χ0n) is 19.3. The molecule has 0 saturated heterocycles. The Bertz CT molecular complexity index is 1150. The predicted molar refractivity (Wildman–Crippen MR) is 128 cm³/mol. The molecule has 3 aromatic carbocycles. The van der Waals surface area contributed by atoms with E-state index >= 15 is 0 Å². The fourth-order valence-corrected chi connectivity index (χ4v) is 4.45. The molecule has 0 spiro atoms. The third kappa shape index (κ3) is 5.34. The minimum absolute atomic E-state index is 0.218. The number of hydrogen-bond donors (Lipinski definition) is 9. The highest BCUT2D eigenvalue weighted by Gasteiger charge is 2.25. The van der Waals surface area contributed by atoms with E-state index in [2.05, 4.69) is 0 Å². The van der Waals surface area contributed by atoms with Gasteiger partial charge in [0.2, 0.25) is 0 Å². The zero-order valence-corrected chi connectivity index (χ0v) is 19.3. The molecular weight excluding hydrogens is 456 g/mol. The normalized spacial score (nSPS) is 13.9. The largest absolute Gasteiger partial charge is 0.504 e. The lowest BCUT2D eigenvalue weighted by atomic mass is 9.78. The molecule has 9 heteroatoms. The summed E-state index contributed by atoms with van der Waals surface area (Å²) in [6.45, 7) is 3.76. The van der Waals surface area contributed by atoms with Crippen molar-refractivity contribution in [2.45, 2.75) is 50.9 Å². The quantitative estimate of drug-likeness (QED) is 0.200. The van der Waals surface area contributed by atoms with E-state index in [4.69, 9.17) is 0 Å². The third-order valence-corrected chi connectivity index (χ3v) is 6.49. The van der Waals surface area contributed by atoms with Gasteiger partial charge in [-0.2, -0.15) is 0 Å². The van der Waals surface area contributed by atoms with Crippen LogP contribution >= 0.6 is 0 Å². The molecule has 188 valence electrons. The first kappa shape index (κ1) is 25.5. The fourth-order valence-electron chi connectivity index (χ4n) is 4.45. The van der Waals surface area contributed by atoms with Gasteiger partial charge in [0.05, 0.1) is 0 Å². The van der Waals surface area contributed by atoms with Gasteiger partial charge in [0.15, 0.2) is 51.7 Å². The molecule has 3 atom stereocenters. The molecule has 3 rings (SSSR count). The van der Waals surface area contributed by atoms with Gasteiger partial charge in [-0.1, -0.05) is 13.8 Å². The van der Waals surface area contributed by atoms with Crippen LogP contribution in [0.25, 0.3) is 0 Å². The molecule has 9 nitrogen and oxygen atoms in total. The third-order valence-electron chi connectivity index (χ3n) is 6.49. The molecule has 35 heavy (non-hydrogen) atoms. The Morgan fingerprint density at radius 3 is 1.14 bits per heavy atom. The molecule has 3 aromatic rings. The summed E-state index contributed by atoms with van der Waals surface area (Å²) in [6, 6.07) is 8.11. The standard InChI is InChI=1S/C26H30O9/c1-3-13(16-8-20(29)25(34)21(30)9-16)5-15(17-10-22(31)26(35)23(32)11-17)4-12(2)14-6-18(27)24(33)19(28)7-14/h6-13,15,27-35H,3-5H2,1-2H3. The molecule has 9 N–H and O–H groups in total. The minimum atomic E-state index is -0.644. The maximum absolute atomic E-state index is 10.1. The van der Waals surface area contributed by atoms with Gasteiger partial charge in [-0.25, -0.2) is 0 Å². The van der Waals surface area contributed by atoms with Crippen molar-refractivity contribution in [3.63, 3.8) is 0 Å². The van der Waals surface area contributed by atoms with Crippen molar-refractivity contribution in [3.8, 4) is 51.7 Å². The summed E-state index contributed by atoms with van der Waals surface area (Å²) in [6.07, 6.45) is 1.41. The van der Waals surface area contributed by atoms with Gasteiger partial charge in [0.1, 0.15) is 0 Å². The monoisotopic (exact) mass is 486 g/mol. The van der Waals surface area contributed by atoms with E-state index in [1.54, 1.807) is 0 Å². The average molecular weight is 487 g/mol. The van der Waals surface area contributed by atoms with Crippen LogP contribution in [0.5, 0.6) is 51.7 Å². The van der Waals surface area contributed by atoms with Crippen molar-refractivity contribution in [2.24, 2.45) is 0 Å². The van der Waals surface area contributed by atoms with Crippen LogP contribution in [-0.2, 0) is 0 Å². The molecule has 0 bridgehead atoms. The molecule has 0 aliphatic rings. The Labute approximate surface area is 202 Å². The van der Waals surface area contributed by atoms with Crippen molar-refractivity contribution in [1.29, 1.82) is 0 Å². The first-order valence-corrected chi connectivity index (χ1v) is 11.2. The molecule has 0 radical (unpaired) electrons. The van der Waals surface area contributed by atoms with Crippen LogP contribution < -0.4 is 0 Å². The van der Waals surface area contributed by atoms with Crippen LogP contribution in [0.4, 0.5) is 0 Å². The number of hydrogen-bond acceptors (Lipinski definition) is 9. The minimum Gasteiger partial charge on any atom is -0.504 e. The molecule has 0 aliphatic heterocycles. The lowest BCUT2D eigenvalue weighted by Crippen LogP contribution is -2.10. The van der Waals surface area contributed by atoms with Gasteiger partial charge < -0.3 is 46.0 Å². The number of rotatable bonds is 8. The second kappa shape index (κ2) is 10.0. The second-order valence-corrected chi connectivity index (χ2v) is 8.90. The lowest BCUT2D eigenvalue weighted by molar-refractivity contribution is 0.362. The zero-order chi connectivity index (χ0) is 26.0.